The fourth-order valence-corrected chi connectivity index (χ4v) is 3.48. The molecule has 14 heavy (non-hydrogen) atoms. The lowest BCUT2D eigenvalue weighted by Gasteiger charge is -2.32. The maximum Gasteiger partial charge on any atom is 0.0505 e. The number of piperidine rings is 1. The number of nitrogens with zero attached hydrogens (tertiary/aromatic N) is 2. The first kappa shape index (κ1) is 11.1. The lowest BCUT2D eigenvalue weighted by atomic mass is 9.84. The summed E-state index contributed by atoms with van der Waals surface area (Å²) >= 11 is 2.49. The number of halogens is 1. The van der Waals surface area contributed by atoms with E-state index in [1.165, 1.54) is 50.0 Å². The van der Waals surface area contributed by atoms with Crippen LogP contribution in [-0.2, 0) is 0 Å². The smallest absolute Gasteiger partial charge is 0.0505 e. The molecule has 2 nitrogen and oxygen atoms in total. The van der Waals surface area contributed by atoms with E-state index in [4.69, 9.17) is 0 Å². The van der Waals surface area contributed by atoms with E-state index in [1.807, 2.05) is 0 Å². The molecule has 0 saturated carbocycles. The second-order valence-electron chi connectivity index (χ2n) is 4.89. The topological polar surface area (TPSA) is 6.48 Å². The summed E-state index contributed by atoms with van der Waals surface area (Å²) in [5.74, 6) is 2.04. The molecule has 0 aromatic rings. The quantitative estimate of drug-likeness (QED) is 0.438. The maximum absolute atomic E-state index is 2.60. The Labute approximate surface area is 101 Å². The van der Waals surface area contributed by atoms with Crippen LogP contribution in [0.1, 0.15) is 19.3 Å². The van der Waals surface area contributed by atoms with E-state index in [2.05, 4.69) is 39.4 Å². The molecule has 3 heteroatoms. The highest BCUT2D eigenvalue weighted by Gasteiger charge is 2.30. The first-order valence-electron chi connectivity index (χ1n) is 5.76. The Kier molecular flexibility index (Phi) is 4.08. The highest BCUT2D eigenvalue weighted by atomic mass is 127. The molecular weight excluding hydrogens is 287 g/mol. The monoisotopic (exact) mass is 308 g/mol. The van der Waals surface area contributed by atoms with Crippen LogP contribution < -0.4 is 0 Å². The van der Waals surface area contributed by atoms with E-state index in [1.54, 1.807) is 0 Å². The normalized spacial score (nSPS) is 32.6. The molecule has 2 aliphatic rings. The van der Waals surface area contributed by atoms with Crippen LogP contribution in [0.15, 0.2) is 0 Å². The van der Waals surface area contributed by atoms with Crippen molar-refractivity contribution in [1.29, 1.82) is 0 Å². The molecule has 0 N–H and O–H groups in total. The van der Waals surface area contributed by atoms with Gasteiger partial charge < -0.3 is 4.90 Å². The van der Waals surface area contributed by atoms with E-state index in [0.29, 0.717) is 0 Å². The Morgan fingerprint density at radius 1 is 1.07 bits per heavy atom. The molecule has 1 atom stereocenters. The van der Waals surface area contributed by atoms with E-state index >= 15 is 0 Å². The lowest BCUT2D eigenvalue weighted by molar-refractivity contribution is 0.172. The van der Waals surface area contributed by atoms with Crippen LogP contribution in [0, 0.1) is 11.8 Å². The van der Waals surface area contributed by atoms with E-state index < -0.39 is 0 Å². The average Bonchev–Trinajstić information content (AvgIpc) is 2.67. The first-order chi connectivity index (χ1) is 6.79. The SMILES string of the molecule is CN1CCC(C2CCN(CI)C2)CC1. The van der Waals surface area contributed by atoms with Gasteiger partial charge in [0.1, 0.15) is 0 Å². The highest BCUT2D eigenvalue weighted by molar-refractivity contribution is 14.1. The van der Waals surface area contributed by atoms with Crippen molar-refractivity contribution in [2.45, 2.75) is 19.3 Å². The molecule has 2 aliphatic heterocycles. The Balaban J connectivity index is 1.79. The Bertz CT molecular complexity index is 178. The standard InChI is InChI=1S/C11H21IN2/c1-13-5-2-10(3-6-13)11-4-7-14(8-11)9-12/h10-11H,2-9H2,1H3. The molecule has 0 aliphatic carbocycles. The van der Waals surface area contributed by atoms with Gasteiger partial charge in [0.05, 0.1) is 4.55 Å². The summed E-state index contributed by atoms with van der Waals surface area (Å²) in [6.07, 6.45) is 4.34. The first-order valence-corrected chi connectivity index (χ1v) is 7.29. The minimum absolute atomic E-state index is 1.01. The number of rotatable bonds is 2. The van der Waals surface area contributed by atoms with Crippen molar-refractivity contribution < 1.29 is 0 Å². The van der Waals surface area contributed by atoms with Crippen molar-refractivity contribution in [1.82, 2.24) is 9.80 Å². The van der Waals surface area contributed by atoms with Gasteiger partial charge in [-0.25, -0.2) is 0 Å². The third-order valence-corrected chi connectivity index (χ3v) is 4.87. The zero-order valence-corrected chi connectivity index (χ0v) is 11.2. The summed E-state index contributed by atoms with van der Waals surface area (Å²) in [5.41, 5.74) is 0. The van der Waals surface area contributed by atoms with Gasteiger partial charge in [-0.15, -0.1) is 0 Å². The molecular formula is C11H21IN2. The molecule has 82 valence electrons. The van der Waals surface area contributed by atoms with E-state index in [-0.39, 0.29) is 0 Å². The van der Waals surface area contributed by atoms with Gasteiger partial charge in [-0.05, 0) is 57.8 Å². The summed E-state index contributed by atoms with van der Waals surface area (Å²) in [7, 11) is 2.25. The van der Waals surface area contributed by atoms with Crippen LogP contribution in [0.3, 0.4) is 0 Å². The number of hydrogen-bond acceptors (Lipinski definition) is 2. The molecule has 2 rings (SSSR count). The number of likely N-dealkylation sites (tertiary alicyclic amines) is 2. The van der Waals surface area contributed by atoms with Gasteiger partial charge in [0.25, 0.3) is 0 Å². The minimum atomic E-state index is 1.01. The highest BCUT2D eigenvalue weighted by Crippen LogP contribution is 2.31. The van der Waals surface area contributed by atoms with Crippen molar-refractivity contribution >= 4 is 22.6 Å². The van der Waals surface area contributed by atoms with Gasteiger partial charge in [0.2, 0.25) is 0 Å². The summed E-state index contributed by atoms with van der Waals surface area (Å²) in [5, 5.41) is 0. The van der Waals surface area contributed by atoms with Crippen molar-refractivity contribution in [3.05, 3.63) is 0 Å². The fourth-order valence-electron chi connectivity index (χ4n) is 2.86. The Morgan fingerprint density at radius 3 is 2.29 bits per heavy atom. The van der Waals surface area contributed by atoms with Crippen molar-refractivity contribution in [3.8, 4) is 0 Å². The Hall–Kier alpha value is 0.650. The summed E-state index contributed by atoms with van der Waals surface area (Å²) in [6, 6.07) is 0. The minimum Gasteiger partial charge on any atom is -0.306 e. The zero-order chi connectivity index (χ0) is 9.97. The fraction of sp³-hybridized carbons (Fsp3) is 1.00. The molecule has 0 spiro atoms. The van der Waals surface area contributed by atoms with Gasteiger partial charge in [-0.1, -0.05) is 22.6 Å². The largest absolute Gasteiger partial charge is 0.306 e. The molecule has 0 radical (unpaired) electrons. The molecule has 0 bridgehead atoms. The van der Waals surface area contributed by atoms with Gasteiger partial charge in [-0.3, -0.25) is 4.90 Å². The van der Waals surface area contributed by atoms with Crippen molar-refractivity contribution in [2.24, 2.45) is 11.8 Å². The van der Waals surface area contributed by atoms with Gasteiger partial charge in [-0.2, -0.15) is 0 Å². The molecule has 2 saturated heterocycles. The van der Waals surface area contributed by atoms with E-state index in [0.717, 1.165) is 11.8 Å². The van der Waals surface area contributed by atoms with Crippen molar-refractivity contribution in [2.75, 3.05) is 37.8 Å². The van der Waals surface area contributed by atoms with Crippen LogP contribution in [0.4, 0.5) is 0 Å². The number of alkyl halides is 1. The molecule has 2 heterocycles. The van der Waals surface area contributed by atoms with Gasteiger partial charge >= 0.3 is 0 Å². The van der Waals surface area contributed by atoms with Crippen LogP contribution in [-0.4, -0.2) is 47.6 Å². The summed E-state index contributed by atoms with van der Waals surface area (Å²) in [6.45, 7) is 5.37. The maximum atomic E-state index is 2.60. The van der Waals surface area contributed by atoms with Crippen LogP contribution in [0.5, 0.6) is 0 Å². The second-order valence-corrected chi connectivity index (χ2v) is 5.57. The predicted molar refractivity (Wildman–Crippen MR) is 68.8 cm³/mol. The van der Waals surface area contributed by atoms with Crippen LogP contribution in [0.25, 0.3) is 0 Å². The average molecular weight is 308 g/mol. The summed E-state index contributed by atoms with van der Waals surface area (Å²) < 4.78 is 1.22. The summed E-state index contributed by atoms with van der Waals surface area (Å²) in [4.78, 5) is 5.07. The molecule has 0 amide bonds. The van der Waals surface area contributed by atoms with Gasteiger partial charge in [0, 0.05) is 6.54 Å². The third kappa shape index (κ3) is 2.61. The second kappa shape index (κ2) is 5.12. The Morgan fingerprint density at radius 2 is 1.71 bits per heavy atom. The predicted octanol–water partition coefficient (Wildman–Crippen LogP) is 2.04. The van der Waals surface area contributed by atoms with Crippen LogP contribution in [0.2, 0.25) is 0 Å². The molecule has 0 aromatic carbocycles. The number of hydrogen-bond donors (Lipinski definition) is 0. The molecule has 1 unspecified atom stereocenters. The molecule has 2 fully saturated rings. The lowest BCUT2D eigenvalue weighted by Crippen LogP contribution is -2.34. The van der Waals surface area contributed by atoms with Crippen molar-refractivity contribution in [3.63, 3.8) is 0 Å². The van der Waals surface area contributed by atoms with Gasteiger partial charge in [0.15, 0.2) is 0 Å². The zero-order valence-electron chi connectivity index (χ0n) is 9.08. The van der Waals surface area contributed by atoms with Crippen LogP contribution >= 0.6 is 22.6 Å². The third-order valence-electron chi connectivity index (χ3n) is 3.91. The van der Waals surface area contributed by atoms with E-state index in [9.17, 15) is 0 Å². The molecule has 0 aromatic heterocycles.